The zero-order valence-corrected chi connectivity index (χ0v) is 15.6. The average Bonchev–Trinajstić information content (AvgIpc) is 2.70. The summed E-state index contributed by atoms with van der Waals surface area (Å²) < 4.78 is 15.9. The first-order valence-corrected chi connectivity index (χ1v) is 8.61. The predicted octanol–water partition coefficient (Wildman–Crippen LogP) is 3.37. The van der Waals surface area contributed by atoms with Crippen LogP contribution >= 0.6 is 0 Å². The minimum Gasteiger partial charge on any atom is -0.497 e. The van der Waals surface area contributed by atoms with E-state index in [1.165, 1.54) is 0 Å². The van der Waals surface area contributed by atoms with Crippen molar-refractivity contribution in [1.82, 2.24) is 10.3 Å². The average molecular weight is 366 g/mol. The summed E-state index contributed by atoms with van der Waals surface area (Å²) in [6.45, 7) is 2.59. The van der Waals surface area contributed by atoms with Crippen LogP contribution in [0.3, 0.4) is 0 Å². The van der Waals surface area contributed by atoms with Crippen LogP contribution in [-0.2, 0) is 0 Å². The third-order valence-corrected chi connectivity index (χ3v) is 4.18. The molecule has 1 N–H and O–H groups in total. The van der Waals surface area contributed by atoms with E-state index in [0.717, 1.165) is 28.2 Å². The second kappa shape index (κ2) is 8.40. The summed E-state index contributed by atoms with van der Waals surface area (Å²) in [5.41, 5.74) is 2.02. The second-order valence-electron chi connectivity index (χ2n) is 5.96. The zero-order chi connectivity index (χ0) is 19.2. The fraction of sp³-hybridized carbons (Fsp3) is 0.238. The molecule has 0 spiro atoms. The van der Waals surface area contributed by atoms with Gasteiger partial charge < -0.3 is 19.5 Å². The number of fused-ring (bicyclic) bond motifs is 1. The number of aromatic nitrogens is 1. The molecule has 0 bridgehead atoms. The number of amides is 1. The summed E-state index contributed by atoms with van der Waals surface area (Å²) in [7, 11) is 3.23. The van der Waals surface area contributed by atoms with E-state index >= 15 is 0 Å². The van der Waals surface area contributed by atoms with E-state index in [1.807, 2.05) is 55.5 Å². The number of ether oxygens (including phenoxy) is 3. The van der Waals surface area contributed by atoms with Crippen LogP contribution in [0.5, 0.6) is 17.2 Å². The van der Waals surface area contributed by atoms with Crippen molar-refractivity contribution in [1.29, 1.82) is 0 Å². The van der Waals surface area contributed by atoms with Gasteiger partial charge in [0.05, 0.1) is 37.5 Å². The molecule has 1 heterocycles. The molecule has 0 saturated heterocycles. The van der Waals surface area contributed by atoms with Gasteiger partial charge in [0.25, 0.3) is 5.91 Å². The van der Waals surface area contributed by atoms with E-state index in [9.17, 15) is 4.79 Å². The molecular formula is C21H22N2O4. The van der Waals surface area contributed by atoms with Crippen molar-refractivity contribution >= 4 is 16.8 Å². The van der Waals surface area contributed by atoms with Crippen LogP contribution in [0.15, 0.2) is 48.5 Å². The summed E-state index contributed by atoms with van der Waals surface area (Å²) in [4.78, 5) is 17.0. The quantitative estimate of drug-likeness (QED) is 0.649. The number of pyridine rings is 1. The number of carbonyl (C=O) groups is 1. The van der Waals surface area contributed by atoms with Crippen molar-refractivity contribution < 1.29 is 19.0 Å². The van der Waals surface area contributed by atoms with Crippen LogP contribution in [0.2, 0.25) is 0 Å². The summed E-state index contributed by atoms with van der Waals surface area (Å²) in [6, 6.07) is 14.7. The molecule has 140 valence electrons. The van der Waals surface area contributed by atoms with Crippen LogP contribution in [0.25, 0.3) is 10.9 Å². The first kappa shape index (κ1) is 18.5. The van der Waals surface area contributed by atoms with Gasteiger partial charge in [-0.1, -0.05) is 0 Å². The molecule has 2 aromatic carbocycles. The van der Waals surface area contributed by atoms with Gasteiger partial charge in [0.15, 0.2) is 0 Å². The maximum absolute atomic E-state index is 12.5. The molecule has 0 saturated carbocycles. The fourth-order valence-corrected chi connectivity index (χ4v) is 2.70. The third-order valence-electron chi connectivity index (χ3n) is 4.18. The minimum atomic E-state index is -0.170. The maximum atomic E-state index is 12.5. The Morgan fingerprint density at radius 1 is 0.963 bits per heavy atom. The topological polar surface area (TPSA) is 69.7 Å². The Hall–Kier alpha value is -3.28. The van der Waals surface area contributed by atoms with Gasteiger partial charge in [0.2, 0.25) is 0 Å². The fourth-order valence-electron chi connectivity index (χ4n) is 2.70. The molecule has 1 aromatic heterocycles. The number of hydrogen-bond acceptors (Lipinski definition) is 5. The van der Waals surface area contributed by atoms with Crippen LogP contribution in [0.4, 0.5) is 0 Å². The number of methoxy groups -OCH3 is 2. The van der Waals surface area contributed by atoms with Gasteiger partial charge in [-0.2, -0.15) is 0 Å². The van der Waals surface area contributed by atoms with E-state index in [1.54, 1.807) is 14.2 Å². The molecule has 3 aromatic rings. The largest absolute Gasteiger partial charge is 0.497 e. The van der Waals surface area contributed by atoms with Gasteiger partial charge >= 0.3 is 0 Å². The molecular weight excluding hydrogens is 344 g/mol. The number of aryl methyl sites for hydroxylation is 1. The highest BCUT2D eigenvalue weighted by Crippen LogP contribution is 2.21. The Balaban J connectivity index is 1.59. The van der Waals surface area contributed by atoms with Crippen LogP contribution < -0.4 is 19.5 Å². The van der Waals surface area contributed by atoms with E-state index in [0.29, 0.717) is 24.4 Å². The summed E-state index contributed by atoms with van der Waals surface area (Å²) >= 11 is 0. The number of rotatable bonds is 7. The lowest BCUT2D eigenvalue weighted by Crippen LogP contribution is -2.28. The maximum Gasteiger partial charge on any atom is 0.253 e. The molecule has 0 unspecified atom stereocenters. The Kier molecular flexibility index (Phi) is 5.76. The standard InChI is InChI=1S/C21H22N2O4/c1-14-19(12-15-4-5-18(26-3)13-20(15)23-14)21(24)22-10-11-27-17-8-6-16(25-2)7-9-17/h4-9,12-13H,10-11H2,1-3H3,(H,22,24). The first-order valence-electron chi connectivity index (χ1n) is 8.61. The number of hydrogen-bond donors (Lipinski definition) is 1. The molecule has 0 atom stereocenters. The van der Waals surface area contributed by atoms with Crippen LogP contribution in [0.1, 0.15) is 16.1 Å². The molecule has 1 amide bonds. The van der Waals surface area contributed by atoms with Crippen molar-refractivity contribution in [3.05, 3.63) is 59.8 Å². The second-order valence-corrected chi connectivity index (χ2v) is 5.96. The molecule has 0 aliphatic carbocycles. The van der Waals surface area contributed by atoms with Gasteiger partial charge in [-0.25, -0.2) is 0 Å². The molecule has 0 fully saturated rings. The normalized spacial score (nSPS) is 10.5. The summed E-state index contributed by atoms with van der Waals surface area (Å²) in [5.74, 6) is 2.06. The molecule has 0 aliphatic rings. The van der Waals surface area contributed by atoms with E-state index < -0.39 is 0 Å². The van der Waals surface area contributed by atoms with Gasteiger partial charge in [0.1, 0.15) is 23.9 Å². The van der Waals surface area contributed by atoms with Crippen LogP contribution in [0, 0.1) is 6.92 Å². The Bertz CT molecular complexity index is 939. The Labute approximate surface area is 158 Å². The molecule has 6 nitrogen and oxygen atoms in total. The zero-order valence-electron chi connectivity index (χ0n) is 15.6. The van der Waals surface area contributed by atoms with E-state index in [4.69, 9.17) is 14.2 Å². The highest BCUT2D eigenvalue weighted by atomic mass is 16.5. The monoisotopic (exact) mass is 366 g/mol. The van der Waals surface area contributed by atoms with E-state index in [-0.39, 0.29) is 5.91 Å². The van der Waals surface area contributed by atoms with Gasteiger partial charge in [-0.05, 0) is 49.4 Å². The van der Waals surface area contributed by atoms with Crippen molar-refractivity contribution in [2.45, 2.75) is 6.92 Å². The number of nitrogens with one attached hydrogen (secondary N) is 1. The molecule has 0 aliphatic heterocycles. The first-order chi connectivity index (χ1) is 13.1. The van der Waals surface area contributed by atoms with Crippen molar-refractivity contribution in [2.75, 3.05) is 27.4 Å². The highest BCUT2D eigenvalue weighted by molar-refractivity contribution is 5.98. The lowest BCUT2D eigenvalue weighted by atomic mass is 10.1. The van der Waals surface area contributed by atoms with Crippen molar-refractivity contribution in [3.63, 3.8) is 0 Å². The lowest BCUT2D eigenvalue weighted by molar-refractivity contribution is 0.0946. The number of carbonyl (C=O) groups excluding carboxylic acids is 1. The van der Waals surface area contributed by atoms with Gasteiger partial charge in [-0.3, -0.25) is 9.78 Å². The number of nitrogens with zero attached hydrogens (tertiary/aromatic N) is 1. The van der Waals surface area contributed by atoms with E-state index in [2.05, 4.69) is 10.3 Å². The molecule has 0 radical (unpaired) electrons. The van der Waals surface area contributed by atoms with Crippen LogP contribution in [-0.4, -0.2) is 38.3 Å². The smallest absolute Gasteiger partial charge is 0.253 e. The molecule has 6 heteroatoms. The summed E-state index contributed by atoms with van der Waals surface area (Å²) in [6.07, 6.45) is 0. The van der Waals surface area contributed by atoms with Gasteiger partial charge in [-0.15, -0.1) is 0 Å². The number of benzene rings is 2. The minimum absolute atomic E-state index is 0.170. The molecule has 3 rings (SSSR count). The van der Waals surface area contributed by atoms with Gasteiger partial charge in [0, 0.05) is 11.5 Å². The molecule has 27 heavy (non-hydrogen) atoms. The van der Waals surface area contributed by atoms with Crippen molar-refractivity contribution in [2.24, 2.45) is 0 Å². The summed E-state index contributed by atoms with van der Waals surface area (Å²) in [5, 5.41) is 3.76. The third kappa shape index (κ3) is 4.47. The highest BCUT2D eigenvalue weighted by Gasteiger charge is 2.12. The SMILES string of the molecule is COc1ccc(OCCNC(=O)c2cc3ccc(OC)cc3nc2C)cc1. The lowest BCUT2D eigenvalue weighted by Gasteiger charge is -2.10. The Morgan fingerprint density at radius 2 is 1.63 bits per heavy atom. The van der Waals surface area contributed by atoms with Crippen molar-refractivity contribution in [3.8, 4) is 17.2 Å². The Morgan fingerprint density at radius 3 is 2.33 bits per heavy atom. The predicted molar refractivity (Wildman–Crippen MR) is 104 cm³/mol.